The van der Waals surface area contributed by atoms with Gasteiger partial charge in [-0.15, -0.1) is 0 Å². The van der Waals surface area contributed by atoms with Crippen molar-refractivity contribution in [3.05, 3.63) is 46.1 Å². The van der Waals surface area contributed by atoms with Gasteiger partial charge in [0.05, 0.1) is 13.2 Å². The van der Waals surface area contributed by atoms with Crippen LogP contribution in [0.2, 0.25) is 5.02 Å². The van der Waals surface area contributed by atoms with Crippen LogP contribution in [0.3, 0.4) is 0 Å². The molecule has 4 atom stereocenters. The number of esters is 1. The summed E-state index contributed by atoms with van der Waals surface area (Å²) in [6.07, 6.45) is 5.12. The first-order valence-corrected chi connectivity index (χ1v) is 9.80. The molecule has 4 heterocycles. The quantitative estimate of drug-likeness (QED) is 0.645. The maximum Gasteiger partial charge on any atom is 0.319 e. The van der Waals surface area contributed by atoms with Gasteiger partial charge in [0.2, 0.25) is 0 Å². The van der Waals surface area contributed by atoms with E-state index in [-0.39, 0.29) is 12.0 Å². The topological polar surface area (TPSA) is 45.3 Å². The summed E-state index contributed by atoms with van der Waals surface area (Å²) in [7, 11) is 1.52. The molecule has 1 N–H and O–H groups in total. The average molecular weight is 371 g/mol. The number of fused-ring (bicyclic) bond motifs is 3. The minimum absolute atomic E-state index is 0.0923. The van der Waals surface area contributed by atoms with Crippen LogP contribution in [0.4, 0.5) is 0 Å². The number of hydrogen-bond acceptors (Lipinski definition) is 3. The minimum Gasteiger partial charge on any atom is -0.468 e. The van der Waals surface area contributed by atoms with E-state index in [0.29, 0.717) is 5.92 Å². The molecule has 0 saturated carbocycles. The number of nitrogens with zero attached hydrogens (tertiary/aromatic N) is 1. The van der Waals surface area contributed by atoms with Gasteiger partial charge in [-0.3, -0.25) is 9.69 Å². The molecule has 1 aromatic heterocycles. The molecule has 0 amide bonds. The number of aromatic nitrogens is 1. The van der Waals surface area contributed by atoms with E-state index < -0.39 is 5.41 Å². The zero-order valence-corrected chi connectivity index (χ0v) is 15.9. The largest absolute Gasteiger partial charge is 0.468 e. The summed E-state index contributed by atoms with van der Waals surface area (Å²) < 4.78 is 5.40. The molecule has 1 aromatic carbocycles. The number of methoxy groups -OCH3 is 1. The zero-order valence-electron chi connectivity index (χ0n) is 15.1. The van der Waals surface area contributed by atoms with Crippen LogP contribution in [-0.4, -0.2) is 42.1 Å². The summed E-state index contributed by atoms with van der Waals surface area (Å²) in [5.74, 6) is 0.284. The minimum atomic E-state index is -0.644. The molecular formula is C21H23ClN2O2. The van der Waals surface area contributed by atoms with Gasteiger partial charge in [-0.1, -0.05) is 30.2 Å². The Kier molecular flexibility index (Phi) is 3.54. The van der Waals surface area contributed by atoms with Crippen LogP contribution in [0.25, 0.3) is 10.9 Å². The van der Waals surface area contributed by atoms with Gasteiger partial charge in [-0.2, -0.15) is 0 Å². The smallest absolute Gasteiger partial charge is 0.319 e. The highest BCUT2D eigenvalue weighted by Gasteiger charge is 2.60. The van der Waals surface area contributed by atoms with Crippen LogP contribution < -0.4 is 0 Å². The predicted octanol–water partition coefficient (Wildman–Crippen LogP) is 3.83. The number of halogens is 1. The Hall–Kier alpha value is -1.78. The van der Waals surface area contributed by atoms with E-state index in [1.807, 2.05) is 18.2 Å². The molecule has 4 nitrogen and oxygen atoms in total. The summed E-state index contributed by atoms with van der Waals surface area (Å²) in [6, 6.07) is 6.04. The van der Waals surface area contributed by atoms with Gasteiger partial charge in [0.25, 0.3) is 0 Å². The monoisotopic (exact) mass is 370 g/mol. The van der Waals surface area contributed by atoms with Crippen LogP contribution in [-0.2, 0) is 21.4 Å². The fourth-order valence-electron chi connectivity index (χ4n) is 5.73. The highest BCUT2D eigenvalue weighted by molar-refractivity contribution is 6.31. The van der Waals surface area contributed by atoms with E-state index in [2.05, 4.69) is 22.9 Å². The van der Waals surface area contributed by atoms with Crippen LogP contribution >= 0.6 is 11.6 Å². The molecule has 6 rings (SSSR count). The Balaban J connectivity index is 1.83. The van der Waals surface area contributed by atoms with Crippen LogP contribution in [0, 0.1) is 5.92 Å². The van der Waals surface area contributed by atoms with E-state index in [9.17, 15) is 4.79 Å². The highest BCUT2D eigenvalue weighted by atomic mass is 35.5. The van der Waals surface area contributed by atoms with Gasteiger partial charge in [0.1, 0.15) is 5.41 Å². The lowest BCUT2D eigenvalue weighted by Crippen LogP contribution is -2.63. The molecule has 4 aliphatic rings. The first kappa shape index (κ1) is 16.4. The summed E-state index contributed by atoms with van der Waals surface area (Å²) in [5.41, 5.74) is 4.08. The third kappa shape index (κ3) is 1.97. The Morgan fingerprint density at radius 1 is 1.46 bits per heavy atom. The van der Waals surface area contributed by atoms with Crippen molar-refractivity contribution in [1.29, 1.82) is 0 Å². The molecule has 26 heavy (non-hydrogen) atoms. The lowest BCUT2D eigenvalue weighted by atomic mass is 9.60. The summed E-state index contributed by atoms with van der Waals surface area (Å²) in [4.78, 5) is 19.4. The second-order valence-electron chi connectivity index (χ2n) is 7.84. The molecule has 136 valence electrons. The number of ether oxygens (including phenoxy) is 1. The standard InChI is InChI=1S/C21H23ClN2O2/c1-3-13-8-12-10-21(20(25)26-2)18-15(6-7-24(11-12)19(13)21)16-9-14(22)4-5-17(16)23-18/h4-5,8-9,12,19,23H,3,6-7,10-11H2,1-2H3. The second-order valence-corrected chi connectivity index (χ2v) is 8.27. The number of hydrogen-bond donors (Lipinski definition) is 1. The first-order chi connectivity index (χ1) is 12.6. The van der Waals surface area contributed by atoms with E-state index in [1.54, 1.807) is 0 Å². The van der Waals surface area contributed by atoms with Crippen molar-refractivity contribution in [3.8, 4) is 0 Å². The van der Waals surface area contributed by atoms with Gasteiger partial charge in [-0.25, -0.2) is 0 Å². The fraction of sp³-hybridized carbons (Fsp3) is 0.476. The van der Waals surface area contributed by atoms with Gasteiger partial charge >= 0.3 is 5.97 Å². The molecule has 3 aliphatic heterocycles. The van der Waals surface area contributed by atoms with E-state index in [1.165, 1.54) is 18.2 Å². The van der Waals surface area contributed by atoms with Crippen molar-refractivity contribution in [2.24, 2.45) is 5.92 Å². The van der Waals surface area contributed by atoms with Crippen molar-refractivity contribution in [2.75, 3.05) is 20.2 Å². The second kappa shape index (κ2) is 5.61. The highest BCUT2D eigenvalue weighted by Crippen LogP contribution is 2.53. The third-order valence-electron chi connectivity index (χ3n) is 6.61. The molecule has 2 aromatic rings. The number of piperidine rings is 1. The first-order valence-electron chi connectivity index (χ1n) is 9.42. The van der Waals surface area contributed by atoms with E-state index >= 15 is 0 Å². The van der Waals surface area contributed by atoms with Gasteiger partial charge in [0.15, 0.2) is 0 Å². The molecule has 4 bridgehead atoms. The molecule has 1 fully saturated rings. The Morgan fingerprint density at radius 2 is 2.31 bits per heavy atom. The summed E-state index contributed by atoms with van der Waals surface area (Å²) in [6.45, 7) is 4.19. The van der Waals surface area contributed by atoms with Gasteiger partial charge < -0.3 is 9.72 Å². The third-order valence-corrected chi connectivity index (χ3v) is 6.84. The van der Waals surface area contributed by atoms with Gasteiger partial charge in [-0.05, 0) is 48.9 Å². The summed E-state index contributed by atoms with van der Waals surface area (Å²) >= 11 is 6.28. The number of carbonyl (C=O) groups is 1. The summed E-state index contributed by atoms with van der Waals surface area (Å²) in [5, 5.41) is 1.87. The molecule has 0 spiro atoms. The maximum absolute atomic E-state index is 13.3. The molecule has 1 saturated heterocycles. The fourth-order valence-corrected chi connectivity index (χ4v) is 5.90. The number of benzene rings is 1. The molecule has 1 aliphatic carbocycles. The number of carbonyl (C=O) groups excluding carboxylic acids is 1. The number of nitrogens with one attached hydrogen (secondary N) is 1. The Bertz CT molecular complexity index is 947. The van der Waals surface area contributed by atoms with Crippen molar-refractivity contribution in [1.82, 2.24) is 9.88 Å². The number of aromatic amines is 1. The molecule has 0 radical (unpaired) electrons. The van der Waals surface area contributed by atoms with Crippen LogP contribution in [0.15, 0.2) is 29.8 Å². The van der Waals surface area contributed by atoms with E-state index in [0.717, 1.165) is 54.0 Å². The van der Waals surface area contributed by atoms with Gasteiger partial charge in [0, 0.05) is 34.7 Å². The number of H-pyrrole nitrogens is 1. The normalized spacial score (nSPS) is 32.1. The van der Waals surface area contributed by atoms with Crippen molar-refractivity contribution in [2.45, 2.75) is 37.6 Å². The predicted molar refractivity (Wildman–Crippen MR) is 103 cm³/mol. The number of rotatable bonds is 2. The lowest BCUT2D eigenvalue weighted by molar-refractivity contribution is -0.153. The average Bonchev–Trinajstić information content (AvgIpc) is 2.98. The van der Waals surface area contributed by atoms with Crippen molar-refractivity contribution in [3.63, 3.8) is 0 Å². The van der Waals surface area contributed by atoms with E-state index in [4.69, 9.17) is 16.3 Å². The lowest BCUT2D eigenvalue weighted by Gasteiger charge is -2.53. The molecule has 5 heteroatoms. The Morgan fingerprint density at radius 3 is 3.08 bits per heavy atom. The molecular weight excluding hydrogens is 348 g/mol. The van der Waals surface area contributed by atoms with Crippen molar-refractivity contribution >= 4 is 28.5 Å². The Labute approximate surface area is 158 Å². The molecule has 4 unspecified atom stereocenters. The van der Waals surface area contributed by atoms with Crippen LogP contribution in [0.1, 0.15) is 31.0 Å². The zero-order chi connectivity index (χ0) is 18.1. The van der Waals surface area contributed by atoms with Crippen LogP contribution in [0.5, 0.6) is 0 Å². The van der Waals surface area contributed by atoms with Crippen molar-refractivity contribution < 1.29 is 9.53 Å². The SMILES string of the molecule is CCC1=CC2CN3CCc4c([nH]c5ccc(Cl)cc45)C(C(=O)OC)(C2)C13. The maximum atomic E-state index is 13.3.